The van der Waals surface area contributed by atoms with Crippen molar-refractivity contribution in [1.82, 2.24) is 9.80 Å². The number of carbonyl (C=O) groups is 2. The molecule has 2 aliphatic rings. The normalized spacial score (nSPS) is 26.7. The Balaban J connectivity index is 1.72. The average molecular weight is 306 g/mol. The van der Waals surface area contributed by atoms with Gasteiger partial charge in [-0.2, -0.15) is 0 Å². The molecule has 2 unspecified atom stereocenters. The predicted octanol–water partition coefficient (Wildman–Crippen LogP) is 1.35. The zero-order valence-electron chi connectivity index (χ0n) is 12.5. The van der Waals surface area contributed by atoms with Crippen molar-refractivity contribution in [3.05, 3.63) is 35.6 Å². The molecule has 2 heterocycles. The fourth-order valence-corrected chi connectivity index (χ4v) is 3.11. The Kier molecular flexibility index (Phi) is 4.22. The lowest BCUT2D eigenvalue weighted by Gasteiger charge is -2.35. The average Bonchev–Trinajstić information content (AvgIpc) is 2.82. The zero-order chi connectivity index (χ0) is 15.7. The van der Waals surface area contributed by atoms with Gasteiger partial charge in [-0.05, 0) is 24.6 Å². The first kappa shape index (κ1) is 15.1. The molecule has 0 N–H and O–H groups in total. The molecule has 2 fully saturated rings. The minimum Gasteiger partial charge on any atom is -0.371 e. The van der Waals surface area contributed by atoms with Gasteiger partial charge in [0.1, 0.15) is 5.82 Å². The highest BCUT2D eigenvalue weighted by Crippen LogP contribution is 2.27. The third-order valence-corrected chi connectivity index (χ3v) is 4.32. The van der Waals surface area contributed by atoms with Crippen LogP contribution < -0.4 is 0 Å². The number of carbonyl (C=O) groups excluding carboxylic acids is 2. The Morgan fingerprint density at radius 2 is 2.00 bits per heavy atom. The van der Waals surface area contributed by atoms with Crippen molar-refractivity contribution in [2.24, 2.45) is 0 Å². The van der Waals surface area contributed by atoms with Gasteiger partial charge in [0.15, 0.2) is 0 Å². The summed E-state index contributed by atoms with van der Waals surface area (Å²) in [5.74, 6) is -0.513. The Morgan fingerprint density at radius 3 is 2.64 bits per heavy atom. The molecule has 0 saturated carbocycles. The SMILES string of the molecule is CCN1C(=O)CC(N2CCOC(c3ccc(F)cc3)C2)C1=O. The van der Waals surface area contributed by atoms with E-state index in [2.05, 4.69) is 0 Å². The van der Waals surface area contributed by atoms with E-state index in [0.717, 1.165) is 5.56 Å². The predicted molar refractivity (Wildman–Crippen MR) is 77.5 cm³/mol. The summed E-state index contributed by atoms with van der Waals surface area (Å²) in [6, 6.07) is 5.81. The number of ether oxygens (including phenoxy) is 1. The summed E-state index contributed by atoms with van der Waals surface area (Å²) in [5.41, 5.74) is 0.884. The summed E-state index contributed by atoms with van der Waals surface area (Å²) in [6.07, 6.45) is 0.0379. The Bertz CT molecular complexity index is 575. The second-order valence-corrected chi connectivity index (χ2v) is 5.60. The van der Waals surface area contributed by atoms with Crippen molar-refractivity contribution in [1.29, 1.82) is 0 Å². The highest BCUT2D eigenvalue weighted by atomic mass is 19.1. The molecule has 1 aromatic carbocycles. The van der Waals surface area contributed by atoms with Gasteiger partial charge in [0.25, 0.3) is 0 Å². The van der Waals surface area contributed by atoms with Crippen LogP contribution in [-0.2, 0) is 14.3 Å². The molecule has 6 heteroatoms. The maximum absolute atomic E-state index is 13.0. The van der Waals surface area contributed by atoms with E-state index in [1.54, 1.807) is 19.1 Å². The summed E-state index contributed by atoms with van der Waals surface area (Å²) in [4.78, 5) is 27.5. The molecule has 5 nitrogen and oxygen atoms in total. The van der Waals surface area contributed by atoms with Crippen molar-refractivity contribution in [2.45, 2.75) is 25.5 Å². The number of rotatable bonds is 3. The standard InChI is InChI=1S/C16H19FN2O3/c1-2-19-15(20)9-13(16(19)21)18-7-8-22-14(10-18)11-3-5-12(17)6-4-11/h3-6,13-14H,2,7-10H2,1H3. The van der Waals surface area contributed by atoms with Crippen LogP contribution in [0.25, 0.3) is 0 Å². The molecular formula is C16H19FN2O3. The van der Waals surface area contributed by atoms with Crippen molar-refractivity contribution in [2.75, 3.05) is 26.2 Å². The van der Waals surface area contributed by atoms with Crippen LogP contribution in [0.5, 0.6) is 0 Å². The number of likely N-dealkylation sites (N-methyl/N-ethyl adjacent to an activating group) is 1. The molecular weight excluding hydrogens is 287 g/mol. The first-order valence-corrected chi connectivity index (χ1v) is 7.55. The second kappa shape index (κ2) is 6.14. The van der Waals surface area contributed by atoms with Gasteiger partial charge in [0.05, 0.1) is 25.2 Å². The van der Waals surface area contributed by atoms with Gasteiger partial charge in [0, 0.05) is 19.6 Å². The number of halogens is 1. The van der Waals surface area contributed by atoms with Gasteiger partial charge in [-0.25, -0.2) is 4.39 Å². The minimum absolute atomic E-state index is 0.109. The van der Waals surface area contributed by atoms with Crippen LogP contribution in [-0.4, -0.2) is 53.9 Å². The van der Waals surface area contributed by atoms with Crippen molar-refractivity contribution < 1.29 is 18.7 Å². The van der Waals surface area contributed by atoms with Gasteiger partial charge in [-0.1, -0.05) is 12.1 Å². The molecule has 2 aliphatic heterocycles. The number of nitrogens with zero attached hydrogens (tertiary/aromatic N) is 2. The summed E-state index contributed by atoms with van der Waals surface area (Å²) >= 11 is 0. The number of imide groups is 1. The number of likely N-dealkylation sites (tertiary alicyclic amines) is 1. The molecule has 2 saturated heterocycles. The molecule has 1 aromatic rings. The van der Waals surface area contributed by atoms with E-state index >= 15 is 0 Å². The molecule has 3 rings (SSSR count). The van der Waals surface area contributed by atoms with E-state index in [-0.39, 0.29) is 36.2 Å². The van der Waals surface area contributed by atoms with Crippen molar-refractivity contribution in [3.8, 4) is 0 Å². The Hall–Kier alpha value is -1.79. The molecule has 22 heavy (non-hydrogen) atoms. The lowest BCUT2D eigenvalue weighted by Crippen LogP contribution is -2.48. The van der Waals surface area contributed by atoms with Gasteiger partial charge >= 0.3 is 0 Å². The summed E-state index contributed by atoms with van der Waals surface area (Å²) in [5, 5.41) is 0. The van der Waals surface area contributed by atoms with Crippen molar-refractivity contribution in [3.63, 3.8) is 0 Å². The van der Waals surface area contributed by atoms with Gasteiger partial charge in [0.2, 0.25) is 11.8 Å². The van der Waals surface area contributed by atoms with Crippen LogP contribution >= 0.6 is 0 Å². The quantitative estimate of drug-likeness (QED) is 0.791. The first-order valence-electron chi connectivity index (χ1n) is 7.55. The fourth-order valence-electron chi connectivity index (χ4n) is 3.11. The van der Waals surface area contributed by atoms with Crippen LogP contribution in [0.4, 0.5) is 4.39 Å². The van der Waals surface area contributed by atoms with E-state index < -0.39 is 0 Å². The van der Waals surface area contributed by atoms with Gasteiger partial charge in [-0.3, -0.25) is 19.4 Å². The summed E-state index contributed by atoms with van der Waals surface area (Å²) < 4.78 is 18.7. The fraction of sp³-hybridized carbons (Fsp3) is 0.500. The third-order valence-electron chi connectivity index (χ3n) is 4.32. The van der Waals surface area contributed by atoms with Gasteiger partial charge in [-0.15, -0.1) is 0 Å². The maximum atomic E-state index is 13.0. The molecule has 0 spiro atoms. The Morgan fingerprint density at radius 1 is 1.27 bits per heavy atom. The van der Waals surface area contributed by atoms with E-state index in [0.29, 0.717) is 26.2 Å². The van der Waals surface area contributed by atoms with Crippen LogP contribution in [0.3, 0.4) is 0 Å². The molecule has 118 valence electrons. The smallest absolute Gasteiger partial charge is 0.247 e. The van der Waals surface area contributed by atoms with Crippen LogP contribution in [0.1, 0.15) is 25.0 Å². The van der Waals surface area contributed by atoms with Gasteiger partial charge < -0.3 is 4.74 Å². The summed E-state index contributed by atoms with van der Waals surface area (Å²) in [6.45, 7) is 3.87. The number of hydrogen-bond acceptors (Lipinski definition) is 4. The third kappa shape index (κ3) is 2.76. The number of amides is 2. The van der Waals surface area contributed by atoms with Crippen molar-refractivity contribution >= 4 is 11.8 Å². The molecule has 2 amide bonds. The van der Waals surface area contributed by atoms with E-state index in [1.165, 1.54) is 17.0 Å². The second-order valence-electron chi connectivity index (χ2n) is 5.60. The van der Waals surface area contributed by atoms with Crippen LogP contribution in [0, 0.1) is 5.82 Å². The van der Waals surface area contributed by atoms with Crippen LogP contribution in [0.2, 0.25) is 0 Å². The topological polar surface area (TPSA) is 49.9 Å². The number of morpholine rings is 1. The minimum atomic E-state index is -0.390. The maximum Gasteiger partial charge on any atom is 0.247 e. The molecule has 0 aromatic heterocycles. The van der Waals surface area contributed by atoms with E-state index in [4.69, 9.17) is 4.74 Å². The lowest BCUT2D eigenvalue weighted by molar-refractivity contribution is -0.140. The largest absolute Gasteiger partial charge is 0.371 e. The van der Waals surface area contributed by atoms with E-state index in [1.807, 2.05) is 4.90 Å². The molecule has 0 bridgehead atoms. The highest BCUT2D eigenvalue weighted by Gasteiger charge is 2.42. The molecule has 2 atom stereocenters. The number of benzene rings is 1. The summed E-state index contributed by atoms with van der Waals surface area (Å²) in [7, 11) is 0. The van der Waals surface area contributed by atoms with Crippen LogP contribution in [0.15, 0.2) is 24.3 Å². The monoisotopic (exact) mass is 306 g/mol. The molecule has 0 radical (unpaired) electrons. The highest BCUT2D eigenvalue weighted by molar-refractivity contribution is 6.05. The zero-order valence-corrected chi connectivity index (χ0v) is 12.5. The van der Waals surface area contributed by atoms with E-state index in [9.17, 15) is 14.0 Å². The lowest BCUT2D eigenvalue weighted by atomic mass is 10.1. The molecule has 0 aliphatic carbocycles. The number of hydrogen-bond donors (Lipinski definition) is 0. The Labute approximate surface area is 128 Å². The first-order chi connectivity index (χ1) is 10.6.